The molecule has 0 aliphatic heterocycles. The molecule has 1 aromatic rings. The van der Waals surface area contributed by atoms with Crippen LogP contribution in [0.3, 0.4) is 0 Å². The maximum Gasteiger partial charge on any atom is 0.393 e. The van der Waals surface area contributed by atoms with Crippen LogP contribution in [0, 0.1) is 11.8 Å². The van der Waals surface area contributed by atoms with Gasteiger partial charge in [-0.25, -0.2) is 0 Å². The van der Waals surface area contributed by atoms with E-state index in [0.717, 1.165) is 0 Å². The van der Waals surface area contributed by atoms with Crippen LogP contribution in [0.15, 0.2) is 24.3 Å². The molecule has 1 fully saturated rings. The number of alkyl halides is 3. The van der Waals surface area contributed by atoms with Crippen LogP contribution in [0.25, 0.3) is 0 Å². The Kier molecular flexibility index (Phi) is 5.28. The van der Waals surface area contributed by atoms with E-state index in [2.05, 4.69) is 5.32 Å². The van der Waals surface area contributed by atoms with E-state index in [1.54, 1.807) is 6.07 Å². The smallest absolute Gasteiger partial charge is 0.393 e. The van der Waals surface area contributed by atoms with E-state index in [-0.39, 0.29) is 23.1 Å². The number of carboxylic acids is 1. The normalized spacial score (nSPS) is 21.7. The Balaban J connectivity index is 2.00. The van der Waals surface area contributed by atoms with Crippen LogP contribution in [0.2, 0.25) is 0 Å². The largest absolute Gasteiger partial charge is 0.481 e. The van der Waals surface area contributed by atoms with Gasteiger partial charge in [0.15, 0.2) is 0 Å². The minimum absolute atomic E-state index is 0.0209. The Morgan fingerprint density at radius 3 is 2.22 bits per heavy atom. The molecule has 126 valence electrons. The Labute approximate surface area is 131 Å². The second kappa shape index (κ2) is 7.02. The summed E-state index contributed by atoms with van der Waals surface area (Å²) < 4.78 is 37.7. The number of para-hydroxylation sites is 1. The van der Waals surface area contributed by atoms with Gasteiger partial charge in [0, 0.05) is 11.6 Å². The zero-order chi connectivity index (χ0) is 17.0. The number of hydrogen-bond acceptors (Lipinski definition) is 2. The lowest BCUT2D eigenvalue weighted by molar-refractivity contribution is -0.143. The Hall–Kier alpha value is -2.05. The summed E-state index contributed by atoms with van der Waals surface area (Å²) in [5.74, 6) is -2.00. The number of anilines is 1. The highest BCUT2D eigenvalue weighted by Gasteiger charge is 2.31. The van der Waals surface area contributed by atoms with Gasteiger partial charge in [0.05, 0.1) is 12.3 Å². The molecule has 1 saturated carbocycles. The van der Waals surface area contributed by atoms with Crippen LogP contribution in [0.1, 0.15) is 31.2 Å². The topological polar surface area (TPSA) is 66.4 Å². The van der Waals surface area contributed by atoms with Crippen molar-refractivity contribution in [2.24, 2.45) is 11.8 Å². The van der Waals surface area contributed by atoms with Crippen LogP contribution in [0.4, 0.5) is 18.9 Å². The number of aliphatic carboxylic acids is 1. The second-order valence-corrected chi connectivity index (χ2v) is 5.83. The number of nitrogens with one attached hydrogen (secondary N) is 1. The summed E-state index contributed by atoms with van der Waals surface area (Å²) in [6.45, 7) is 0. The minimum atomic E-state index is -4.35. The van der Waals surface area contributed by atoms with Gasteiger partial charge in [-0.3, -0.25) is 9.59 Å². The van der Waals surface area contributed by atoms with Crippen molar-refractivity contribution in [2.75, 3.05) is 5.32 Å². The van der Waals surface area contributed by atoms with Gasteiger partial charge in [0.2, 0.25) is 5.91 Å². The molecule has 0 bridgehead atoms. The fourth-order valence-corrected chi connectivity index (χ4v) is 2.85. The average molecular weight is 329 g/mol. The molecule has 1 aliphatic rings. The third-order valence-corrected chi connectivity index (χ3v) is 4.11. The van der Waals surface area contributed by atoms with Crippen molar-refractivity contribution in [3.05, 3.63) is 29.8 Å². The van der Waals surface area contributed by atoms with Gasteiger partial charge in [0.25, 0.3) is 0 Å². The maximum absolute atomic E-state index is 12.6. The predicted octanol–water partition coefficient (Wildman–Crippen LogP) is 3.62. The molecular formula is C16H18F3NO3. The second-order valence-electron chi connectivity index (χ2n) is 5.83. The third kappa shape index (κ3) is 4.97. The molecule has 1 aromatic carbocycles. The first-order chi connectivity index (χ1) is 10.8. The van der Waals surface area contributed by atoms with Gasteiger partial charge in [-0.15, -0.1) is 0 Å². The predicted molar refractivity (Wildman–Crippen MR) is 77.9 cm³/mol. The molecule has 0 heterocycles. The Morgan fingerprint density at radius 2 is 1.65 bits per heavy atom. The number of carbonyl (C=O) groups is 2. The van der Waals surface area contributed by atoms with E-state index >= 15 is 0 Å². The van der Waals surface area contributed by atoms with Gasteiger partial charge >= 0.3 is 12.1 Å². The first kappa shape index (κ1) is 17.3. The van der Waals surface area contributed by atoms with E-state index < -0.39 is 24.5 Å². The molecule has 23 heavy (non-hydrogen) atoms. The number of rotatable bonds is 4. The number of hydrogen-bond donors (Lipinski definition) is 2. The lowest BCUT2D eigenvalue weighted by Crippen LogP contribution is -2.30. The molecule has 2 N–H and O–H groups in total. The first-order valence-electron chi connectivity index (χ1n) is 7.44. The molecule has 0 atom stereocenters. The van der Waals surface area contributed by atoms with Crippen LogP contribution in [0.5, 0.6) is 0 Å². The zero-order valence-corrected chi connectivity index (χ0v) is 12.4. The molecular weight excluding hydrogens is 311 g/mol. The van der Waals surface area contributed by atoms with E-state index in [0.29, 0.717) is 25.7 Å². The monoisotopic (exact) mass is 329 g/mol. The molecule has 0 radical (unpaired) electrons. The van der Waals surface area contributed by atoms with Gasteiger partial charge in [0.1, 0.15) is 0 Å². The van der Waals surface area contributed by atoms with Gasteiger partial charge < -0.3 is 10.4 Å². The fraction of sp³-hybridized carbons (Fsp3) is 0.500. The molecule has 7 heteroatoms. The van der Waals surface area contributed by atoms with E-state index in [9.17, 15) is 22.8 Å². The minimum Gasteiger partial charge on any atom is -0.481 e. The standard InChI is InChI=1S/C16H18F3NO3/c17-16(18,19)9-12-3-1-2-4-13(12)20-14(21)10-5-7-11(8-6-10)15(22)23/h1-4,10-11H,5-9H2,(H,20,21)(H,22,23). The number of amides is 1. The van der Waals surface area contributed by atoms with Crippen molar-refractivity contribution in [1.82, 2.24) is 0 Å². The van der Waals surface area contributed by atoms with E-state index in [1.165, 1.54) is 18.2 Å². The number of halogens is 3. The summed E-state index contributed by atoms with van der Waals surface area (Å²) in [6.07, 6.45) is -3.75. The van der Waals surface area contributed by atoms with Crippen LogP contribution in [-0.2, 0) is 16.0 Å². The summed E-state index contributed by atoms with van der Waals surface area (Å²) in [5, 5.41) is 11.5. The lowest BCUT2D eigenvalue weighted by atomic mass is 9.81. The molecule has 4 nitrogen and oxygen atoms in total. The summed E-state index contributed by atoms with van der Waals surface area (Å²) in [6, 6.07) is 5.85. The van der Waals surface area contributed by atoms with E-state index in [4.69, 9.17) is 5.11 Å². The summed E-state index contributed by atoms with van der Waals surface area (Å²) in [5.41, 5.74) is 0.183. The van der Waals surface area contributed by atoms with Crippen molar-refractivity contribution >= 4 is 17.6 Å². The highest BCUT2D eigenvalue weighted by Crippen LogP contribution is 2.31. The third-order valence-electron chi connectivity index (χ3n) is 4.11. The summed E-state index contributed by atoms with van der Waals surface area (Å²) >= 11 is 0. The highest BCUT2D eigenvalue weighted by molar-refractivity contribution is 5.93. The van der Waals surface area contributed by atoms with Gasteiger partial charge in [-0.1, -0.05) is 18.2 Å². The summed E-state index contributed by atoms with van der Waals surface area (Å²) in [7, 11) is 0. The number of benzene rings is 1. The molecule has 0 saturated heterocycles. The Morgan fingerprint density at radius 1 is 1.09 bits per heavy atom. The first-order valence-corrected chi connectivity index (χ1v) is 7.44. The SMILES string of the molecule is O=C(O)C1CCC(C(=O)Nc2ccccc2CC(F)(F)F)CC1. The molecule has 2 rings (SSSR count). The molecule has 0 aromatic heterocycles. The lowest BCUT2D eigenvalue weighted by Gasteiger charge is -2.25. The van der Waals surface area contributed by atoms with Crippen LogP contribution in [-0.4, -0.2) is 23.2 Å². The molecule has 1 amide bonds. The summed E-state index contributed by atoms with van der Waals surface area (Å²) in [4.78, 5) is 23.1. The quantitative estimate of drug-likeness (QED) is 0.886. The zero-order valence-electron chi connectivity index (χ0n) is 12.4. The van der Waals surface area contributed by atoms with Crippen molar-refractivity contribution in [2.45, 2.75) is 38.3 Å². The van der Waals surface area contributed by atoms with Gasteiger partial charge in [-0.2, -0.15) is 13.2 Å². The van der Waals surface area contributed by atoms with Gasteiger partial charge in [-0.05, 0) is 37.3 Å². The van der Waals surface area contributed by atoms with Crippen molar-refractivity contribution < 1.29 is 27.9 Å². The molecule has 1 aliphatic carbocycles. The van der Waals surface area contributed by atoms with Crippen molar-refractivity contribution in [3.8, 4) is 0 Å². The average Bonchev–Trinajstić information content (AvgIpc) is 2.48. The fourth-order valence-electron chi connectivity index (χ4n) is 2.85. The maximum atomic E-state index is 12.6. The van der Waals surface area contributed by atoms with Crippen molar-refractivity contribution in [3.63, 3.8) is 0 Å². The van der Waals surface area contributed by atoms with E-state index in [1.807, 2.05) is 0 Å². The van der Waals surface area contributed by atoms with Crippen LogP contribution >= 0.6 is 0 Å². The van der Waals surface area contributed by atoms with Crippen molar-refractivity contribution in [1.29, 1.82) is 0 Å². The number of carboxylic acid groups (broad SMARTS) is 1. The Bertz CT molecular complexity index is 578. The highest BCUT2D eigenvalue weighted by atomic mass is 19.4. The van der Waals surface area contributed by atoms with Crippen LogP contribution < -0.4 is 5.32 Å². The number of carbonyl (C=O) groups excluding carboxylic acids is 1. The molecule has 0 spiro atoms. The molecule has 0 unspecified atom stereocenters.